The van der Waals surface area contributed by atoms with Gasteiger partial charge in [-0.25, -0.2) is 4.98 Å². The average molecular weight is 491 g/mol. The van der Waals surface area contributed by atoms with Crippen LogP contribution in [0.2, 0.25) is 0 Å². The highest BCUT2D eigenvalue weighted by molar-refractivity contribution is 7.99. The molecule has 0 bridgehead atoms. The molecular weight excluding hydrogens is 460 g/mol. The summed E-state index contributed by atoms with van der Waals surface area (Å²) in [7, 11) is 0. The Balaban J connectivity index is 1.36. The number of thioether (sulfide) groups is 1. The maximum atomic E-state index is 13.0. The minimum Gasteiger partial charge on any atom is -0.368 e. The number of benzene rings is 2. The lowest BCUT2D eigenvalue weighted by atomic mass is 10.1. The van der Waals surface area contributed by atoms with Gasteiger partial charge in [0.15, 0.2) is 10.9 Å². The number of carbonyl (C=O) groups excluding carboxylic acids is 2. The number of nitrogens with one attached hydrogen (secondary N) is 1. The SMILES string of the molecule is CC(=O)c1ccc(N2CCN(C(=O)Cc3c(C)nc(SC(C)c4ccccc4)[nH]c3=O)CC2)cc1. The van der Waals surface area contributed by atoms with Crippen LogP contribution in [0.1, 0.15) is 46.3 Å². The summed E-state index contributed by atoms with van der Waals surface area (Å²) >= 11 is 1.49. The molecule has 0 saturated carbocycles. The normalized spacial score (nSPS) is 14.6. The van der Waals surface area contributed by atoms with Gasteiger partial charge in [0.05, 0.1) is 6.42 Å². The van der Waals surface area contributed by atoms with E-state index in [1.54, 1.807) is 18.7 Å². The Morgan fingerprint density at radius 2 is 1.69 bits per heavy atom. The molecular formula is C27H30N4O3S. The summed E-state index contributed by atoms with van der Waals surface area (Å²) < 4.78 is 0. The Bertz CT molecular complexity index is 1250. The predicted molar refractivity (Wildman–Crippen MR) is 139 cm³/mol. The van der Waals surface area contributed by atoms with Crippen molar-refractivity contribution in [2.24, 2.45) is 0 Å². The fourth-order valence-electron chi connectivity index (χ4n) is 4.19. The van der Waals surface area contributed by atoms with Crippen LogP contribution in [0.25, 0.3) is 0 Å². The van der Waals surface area contributed by atoms with E-state index >= 15 is 0 Å². The van der Waals surface area contributed by atoms with Gasteiger partial charge in [0.25, 0.3) is 5.56 Å². The third-order valence-electron chi connectivity index (χ3n) is 6.36. The molecule has 1 aliphatic heterocycles. The van der Waals surface area contributed by atoms with Crippen LogP contribution in [0.5, 0.6) is 0 Å². The van der Waals surface area contributed by atoms with Gasteiger partial charge < -0.3 is 14.8 Å². The lowest BCUT2D eigenvalue weighted by Crippen LogP contribution is -2.49. The number of aromatic amines is 1. The highest BCUT2D eigenvalue weighted by Crippen LogP contribution is 2.32. The van der Waals surface area contributed by atoms with E-state index in [1.165, 1.54) is 11.8 Å². The Kier molecular flexibility index (Phi) is 7.70. The van der Waals surface area contributed by atoms with E-state index in [4.69, 9.17) is 0 Å². The number of aryl methyl sites for hydroxylation is 1. The van der Waals surface area contributed by atoms with E-state index in [1.807, 2.05) is 42.5 Å². The number of carbonyl (C=O) groups is 2. The molecule has 2 aromatic carbocycles. The molecule has 3 aromatic rings. The van der Waals surface area contributed by atoms with Crippen LogP contribution < -0.4 is 10.5 Å². The van der Waals surface area contributed by atoms with Gasteiger partial charge in [-0.2, -0.15) is 0 Å². The Labute approximate surface area is 209 Å². The second kappa shape index (κ2) is 10.9. The van der Waals surface area contributed by atoms with Gasteiger partial charge in [-0.05, 0) is 50.6 Å². The van der Waals surface area contributed by atoms with Crippen molar-refractivity contribution in [2.75, 3.05) is 31.1 Å². The van der Waals surface area contributed by atoms with Crippen LogP contribution in [0, 0.1) is 6.92 Å². The zero-order chi connectivity index (χ0) is 24.9. The monoisotopic (exact) mass is 490 g/mol. The average Bonchev–Trinajstić information content (AvgIpc) is 2.87. The zero-order valence-corrected chi connectivity index (χ0v) is 21.1. The van der Waals surface area contributed by atoms with Gasteiger partial charge >= 0.3 is 0 Å². The molecule has 1 saturated heterocycles. The number of hydrogen-bond donors (Lipinski definition) is 1. The fraction of sp³-hybridized carbons (Fsp3) is 0.333. The van der Waals surface area contributed by atoms with E-state index in [9.17, 15) is 14.4 Å². The third kappa shape index (κ3) is 6.00. The van der Waals surface area contributed by atoms with Gasteiger partial charge in [0, 0.05) is 53.9 Å². The number of ketones is 1. The molecule has 1 N–H and O–H groups in total. The Morgan fingerprint density at radius 3 is 2.29 bits per heavy atom. The lowest BCUT2D eigenvalue weighted by molar-refractivity contribution is -0.130. The van der Waals surface area contributed by atoms with Crippen LogP contribution in [0.3, 0.4) is 0 Å². The number of Topliss-reactive ketones (excluding diaryl/α,β-unsaturated/α-hetero) is 1. The summed E-state index contributed by atoms with van der Waals surface area (Å²) in [5.41, 5.74) is 3.65. The Morgan fingerprint density at radius 1 is 1.03 bits per heavy atom. The third-order valence-corrected chi connectivity index (χ3v) is 7.40. The number of piperazine rings is 1. The van der Waals surface area contributed by atoms with Gasteiger partial charge in [0.2, 0.25) is 5.91 Å². The molecule has 7 nitrogen and oxygen atoms in total. The van der Waals surface area contributed by atoms with Gasteiger partial charge in [-0.1, -0.05) is 42.1 Å². The molecule has 4 rings (SSSR count). The van der Waals surface area contributed by atoms with Crippen LogP contribution in [-0.4, -0.2) is 52.7 Å². The Hall–Kier alpha value is -3.39. The van der Waals surface area contributed by atoms with Gasteiger partial charge in [-0.3, -0.25) is 14.4 Å². The second-order valence-electron chi connectivity index (χ2n) is 8.75. The molecule has 1 fully saturated rings. The van der Waals surface area contributed by atoms with Crippen LogP contribution in [0.15, 0.2) is 64.5 Å². The summed E-state index contributed by atoms with van der Waals surface area (Å²) in [6, 6.07) is 17.6. The number of H-pyrrole nitrogens is 1. The number of anilines is 1. The van der Waals surface area contributed by atoms with Gasteiger partial charge in [-0.15, -0.1) is 0 Å². The van der Waals surface area contributed by atoms with Crippen molar-refractivity contribution in [3.05, 3.63) is 87.3 Å². The largest absolute Gasteiger partial charge is 0.368 e. The van der Waals surface area contributed by atoms with Crippen molar-refractivity contribution in [1.29, 1.82) is 0 Å². The summed E-state index contributed by atoms with van der Waals surface area (Å²) in [6.45, 7) is 7.99. The lowest BCUT2D eigenvalue weighted by Gasteiger charge is -2.36. The molecule has 2 heterocycles. The van der Waals surface area contributed by atoms with Crippen molar-refractivity contribution in [2.45, 2.75) is 37.6 Å². The number of hydrogen-bond acceptors (Lipinski definition) is 6. The molecule has 1 aromatic heterocycles. The van der Waals surface area contributed by atoms with Crippen molar-refractivity contribution in [3.8, 4) is 0 Å². The molecule has 35 heavy (non-hydrogen) atoms. The van der Waals surface area contributed by atoms with Crippen LogP contribution in [0.4, 0.5) is 5.69 Å². The first kappa shape index (κ1) is 24.7. The molecule has 1 atom stereocenters. The van der Waals surface area contributed by atoms with Crippen molar-refractivity contribution >= 4 is 29.1 Å². The van der Waals surface area contributed by atoms with E-state index in [-0.39, 0.29) is 28.9 Å². The predicted octanol–water partition coefficient (Wildman–Crippen LogP) is 4.03. The standard InChI is InChI=1S/C27H30N4O3S/c1-18-24(26(34)29-27(28-18)35-20(3)22-7-5-4-6-8-22)17-25(33)31-15-13-30(14-16-31)23-11-9-21(10-12-23)19(2)32/h4-12,20H,13-17H2,1-3H3,(H,28,29,34). The molecule has 8 heteroatoms. The maximum Gasteiger partial charge on any atom is 0.255 e. The number of amides is 1. The first-order valence-electron chi connectivity index (χ1n) is 11.8. The number of aromatic nitrogens is 2. The first-order chi connectivity index (χ1) is 16.8. The van der Waals surface area contributed by atoms with Crippen LogP contribution >= 0.6 is 11.8 Å². The smallest absolute Gasteiger partial charge is 0.255 e. The van der Waals surface area contributed by atoms with E-state index in [2.05, 4.69) is 33.9 Å². The van der Waals surface area contributed by atoms with Gasteiger partial charge in [0.1, 0.15) is 0 Å². The number of rotatable bonds is 7. The minimum absolute atomic E-state index is 0.0423. The van der Waals surface area contributed by atoms with Crippen molar-refractivity contribution in [1.82, 2.24) is 14.9 Å². The summed E-state index contributed by atoms with van der Waals surface area (Å²) in [6.07, 6.45) is 0.0423. The van der Waals surface area contributed by atoms with E-state index < -0.39 is 0 Å². The van der Waals surface area contributed by atoms with Crippen molar-refractivity contribution < 1.29 is 9.59 Å². The van der Waals surface area contributed by atoms with E-state index in [0.29, 0.717) is 48.2 Å². The molecule has 182 valence electrons. The topological polar surface area (TPSA) is 86.4 Å². The molecule has 1 amide bonds. The summed E-state index contributed by atoms with van der Waals surface area (Å²) in [5, 5.41) is 0.700. The molecule has 1 aliphatic rings. The second-order valence-corrected chi connectivity index (χ2v) is 10.1. The molecule has 1 unspecified atom stereocenters. The summed E-state index contributed by atoms with van der Waals surface area (Å²) in [4.78, 5) is 48.7. The number of nitrogens with zero attached hydrogens (tertiary/aromatic N) is 3. The molecule has 0 aliphatic carbocycles. The highest BCUT2D eigenvalue weighted by Gasteiger charge is 2.23. The zero-order valence-electron chi connectivity index (χ0n) is 20.3. The molecule has 0 radical (unpaired) electrons. The maximum absolute atomic E-state index is 13.0. The highest BCUT2D eigenvalue weighted by atomic mass is 32.2. The minimum atomic E-state index is -0.252. The quantitative estimate of drug-likeness (QED) is 0.306. The molecule has 0 spiro atoms. The van der Waals surface area contributed by atoms with Crippen LogP contribution in [-0.2, 0) is 11.2 Å². The fourth-order valence-corrected chi connectivity index (χ4v) is 5.16. The first-order valence-corrected chi connectivity index (χ1v) is 12.6. The summed E-state index contributed by atoms with van der Waals surface area (Å²) in [5.74, 6) is -0.0193. The van der Waals surface area contributed by atoms with Crippen molar-refractivity contribution in [3.63, 3.8) is 0 Å². The van der Waals surface area contributed by atoms with E-state index in [0.717, 1.165) is 11.3 Å².